The number of unbranched alkanes of at least 4 members (excludes halogenated alkanes) is 1. The van der Waals surface area contributed by atoms with Crippen molar-refractivity contribution >= 4 is 40.3 Å². The minimum Gasteiger partial charge on any atom is -0.293 e. The number of benzene rings is 1. The first-order valence-corrected chi connectivity index (χ1v) is 10.7. The molecule has 146 valence electrons. The number of carbonyl (C=O) groups excluding carboxylic acids is 1. The highest BCUT2D eigenvalue weighted by atomic mass is 32.2. The minimum atomic E-state index is -0.0263. The molecule has 0 saturated carbocycles. The quantitative estimate of drug-likeness (QED) is 0.418. The monoisotopic (exact) mass is 420 g/mol. The van der Waals surface area contributed by atoms with Gasteiger partial charge in [-0.2, -0.15) is 5.10 Å². The van der Waals surface area contributed by atoms with Crippen molar-refractivity contribution in [2.24, 2.45) is 0 Å². The molecule has 0 radical (unpaired) electrons. The summed E-state index contributed by atoms with van der Waals surface area (Å²) in [7, 11) is 0. The average molecular weight is 421 g/mol. The highest BCUT2D eigenvalue weighted by Crippen LogP contribution is 2.34. The molecular formula is C22H20N4OS2. The summed E-state index contributed by atoms with van der Waals surface area (Å²) >= 11 is 6.79. The van der Waals surface area contributed by atoms with Crippen LogP contribution in [-0.4, -0.2) is 36.4 Å². The van der Waals surface area contributed by atoms with Gasteiger partial charge in [-0.3, -0.25) is 14.7 Å². The molecule has 0 aliphatic carbocycles. The Balaban J connectivity index is 1.75. The van der Waals surface area contributed by atoms with E-state index in [1.54, 1.807) is 17.3 Å². The summed E-state index contributed by atoms with van der Waals surface area (Å²) in [5.74, 6) is -0.0263. The lowest BCUT2D eigenvalue weighted by Gasteiger charge is -2.12. The summed E-state index contributed by atoms with van der Waals surface area (Å²) in [4.78, 5) is 19.3. The third kappa shape index (κ3) is 4.16. The smallest absolute Gasteiger partial charge is 0.266 e. The van der Waals surface area contributed by atoms with Crippen LogP contribution in [0.2, 0.25) is 0 Å². The van der Waals surface area contributed by atoms with Gasteiger partial charge in [0.2, 0.25) is 0 Å². The molecule has 1 saturated heterocycles. The molecule has 1 aromatic carbocycles. The minimum absolute atomic E-state index is 0.0263. The van der Waals surface area contributed by atoms with Crippen LogP contribution >= 0.6 is 24.0 Å². The van der Waals surface area contributed by atoms with Crippen LogP contribution in [0.1, 0.15) is 25.3 Å². The van der Waals surface area contributed by atoms with E-state index in [-0.39, 0.29) is 5.91 Å². The van der Waals surface area contributed by atoms with E-state index in [1.807, 2.05) is 59.4 Å². The van der Waals surface area contributed by atoms with Crippen molar-refractivity contribution in [2.45, 2.75) is 19.8 Å². The maximum Gasteiger partial charge on any atom is 0.266 e. The van der Waals surface area contributed by atoms with Gasteiger partial charge >= 0.3 is 0 Å². The van der Waals surface area contributed by atoms with Crippen molar-refractivity contribution in [2.75, 3.05) is 6.54 Å². The van der Waals surface area contributed by atoms with E-state index in [0.717, 1.165) is 35.3 Å². The van der Waals surface area contributed by atoms with E-state index in [2.05, 4.69) is 11.9 Å². The number of rotatable bonds is 6. The van der Waals surface area contributed by atoms with E-state index in [1.165, 1.54) is 11.8 Å². The molecule has 0 spiro atoms. The number of pyridine rings is 1. The van der Waals surface area contributed by atoms with Crippen LogP contribution in [0, 0.1) is 0 Å². The second kappa shape index (κ2) is 8.71. The van der Waals surface area contributed by atoms with Gasteiger partial charge in [-0.1, -0.05) is 55.5 Å². The van der Waals surface area contributed by atoms with Crippen LogP contribution in [0.5, 0.6) is 0 Å². The van der Waals surface area contributed by atoms with Crippen LogP contribution in [-0.2, 0) is 4.79 Å². The van der Waals surface area contributed by atoms with Crippen LogP contribution in [0.25, 0.3) is 23.0 Å². The largest absolute Gasteiger partial charge is 0.293 e. The van der Waals surface area contributed by atoms with E-state index >= 15 is 0 Å². The highest BCUT2D eigenvalue weighted by molar-refractivity contribution is 8.26. The second-order valence-corrected chi connectivity index (χ2v) is 8.31. The van der Waals surface area contributed by atoms with Crippen LogP contribution in [0.3, 0.4) is 0 Å². The van der Waals surface area contributed by atoms with Gasteiger partial charge in [0.15, 0.2) is 0 Å². The summed E-state index contributed by atoms with van der Waals surface area (Å²) in [6.45, 7) is 2.77. The molecule has 4 rings (SSSR count). The molecule has 29 heavy (non-hydrogen) atoms. The van der Waals surface area contributed by atoms with Gasteiger partial charge in [0.25, 0.3) is 5.91 Å². The number of hydrogen-bond donors (Lipinski definition) is 0. The maximum atomic E-state index is 12.9. The van der Waals surface area contributed by atoms with Crippen molar-refractivity contribution in [3.8, 4) is 16.9 Å². The molecule has 1 fully saturated rings. The Morgan fingerprint density at radius 2 is 1.90 bits per heavy atom. The molecule has 5 nitrogen and oxygen atoms in total. The predicted octanol–water partition coefficient (Wildman–Crippen LogP) is 4.94. The Morgan fingerprint density at radius 1 is 1.14 bits per heavy atom. The number of aromatic nitrogens is 3. The number of thiocarbonyl (C=S) groups is 1. The van der Waals surface area contributed by atoms with E-state index in [0.29, 0.717) is 15.8 Å². The molecule has 3 aromatic rings. The summed E-state index contributed by atoms with van der Waals surface area (Å²) in [5.41, 5.74) is 3.58. The molecular weight excluding hydrogens is 400 g/mol. The first kappa shape index (κ1) is 19.5. The number of para-hydroxylation sites is 1. The molecule has 0 unspecified atom stereocenters. The van der Waals surface area contributed by atoms with Crippen molar-refractivity contribution in [1.29, 1.82) is 0 Å². The van der Waals surface area contributed by atoms with Crippen molar-refractivity contribution in [3.05, 3.63) is 71.5 Å². The lowest BCUT2D eigenvalue weighted by Crippen LogP contribution is -2.28. The molecule has 2 aromatic heterocycles. The molecule has 0 bridgehead atoms. The zero-order valence-corrected chi connectivity index (χ0v) is 17.6. The third-order valence-electron chi connectivity index (χ3n) is 4.61. The zero-order valence-electron chi connectivity index (χ0n) is 16.0. The predicted molar refractivity (Wildman–Crippen MR) is 122 cm³/mol. The van der Waals surface area contributed by atoms with Gasteiger partial charge in [-0.05, 0) is 36.8 Å². The normalized spacial score (nSPS) is 15.5. The van der Waals surface area contributed by atoms with Crippen LogP contribution in [0.15, 0.2) is 66.0 Å². The Kier molecular flexibility index (Phi) is 5.87. The van der Waals surface area contributed by atoms with Crippen molar-refractivity contribution < 1.29 is 4.79 Å². The fourth-order valence-corrected chi connectivity index (χ4v) is 4.39. The number of carbonyl (C=O) groups is 1. The average Bonchev–Trinajstić information content (AvgIpc) is 3.29. The fraction of sp³-hybridized carbons (Fsp3) is 0.182. The van der Waals surface area contributed by atoms with Crippen molar-refractivity contribution in [1.82, 2.24) is 19.7 Å². The second-order valence-electron chi connectivity index (χ2n) is 6.64. The van der Waals surface area contributed by atoms with Gasteiger partial charge in [0, 0.05) is 36.3 Å². The van der Waals surface area contributed by atoms with Crippen molar-refractivity contribution in [3.63, 3.8) is 0 Å². The number of amides is 1. The molecule has 7 heteroatoms. The third-order valence-corrected chi connectivity index (χ3v) is 5.99. The summed E-state index contributed by atoms with van der Waals surface area (Å²) in [5, 5.41) is 4.78. The highest BCUT2D eigenvalue weighted by Gasteiger charge is 2.31. The molecule has 0 atom stereocenters. The number of thioether (sulfide) groups is 1. The van der Waals surface area contributed by atoms with Gasteiger partial charge < -0.3 is 0 Å². The Bertz CT molecular complexity index is 1060. The summed E-state index contributed by atoms with van der Waals surface area (Å²) in [6, 6.07) is 13.8. The van der Waals surface area contributed by atoms with E-state index in [9.17, 15) is 4.79 Å². The van der Waals surface area contributed by atoms with Gasteiger partial charge in [0.1, 0.15) is 10.0 Å². The molecule has 1 amide bonds. The zero-order chi connectivity index (χ0) is 20.2. The van der Waals surface area contributed by atoms with Gasteiger partial charge in [0.05, 0.1) is 10.6 Å². The molecule has 0 N–H and O–H groups in total. The van der Waals surface area contributed by atoms with Crippen LogP contribution in [0.4, 0.5) is 0 Å². The Morgan fingerprint density at radius 3 is 2.62 bits per heavy atom. The first-order valence-electron chi connectivity index (χ1n) is 9.48. The van der Waals surface area contributed by atoms with Crippen LogP contribution < -0.4 is 0 Å². The van der Waals surface area contributed by atoms with E-state index in [4.69, 9.17) is 17.3 Å². The topological polar surface area (TPSA) is 51.0 Å². The van der Waals surface area contributed by atoms with Gasteiger partial charge in [-0.25, -0.2) is 4.68 Å². The number of nitrogens with zero attached hydrogens (tertiary/aromatic N) is 4. The first-order chi connectivity index (χ1) is 14.2. The standard InChI is InChI=1S/C22H20N4OS2/c1-2-3-13-25-21(27)19(29-22(25)28)14-17-15-26(18-7-5-4-6-8-18)24-20(17)16-9-11-23-12-10-16/h4-12,14-15H,2-3,13H2,1H3. The summed E-state index contributed by atoms with van der Waals surface area (Å²) < 4.78 is 2.45. The maximum absolute atomic E-state index is 12.9. The Labute approximate surface area is 179 Å². The summed E-state index contributed by atoms with van der Waals surface area (Å²) in [6.07, 6.45) is 9.28. The molecule has 1 aliphatic heterocycles. The lowest BCUT2D eigenvalue weighted by molar-refractivity contribution is -0.122. The van der Waals surface area contributed by atoms with E-state index < -0.39 is 0 Å². The number of hydrogen-bond acceptors (Lipinski definition) is 5. The lowest BCUT2D eigenvalue weighted by atomic mass is 10.1. The SMILES string of the molecule is CCCCN1C(=O)C(=Cc2cn(-c3ccccc3)nc2-c2ccncc2)SC1=S. The molecule has 3 heterocycles. The fourth-order valence-electron chi connectivity index (χ4n) is 3.09. The molecule has 1 aliphatic rings. The van der Waals surface area contributed by atoms with Gasteiger partial charge in [-0.15, -0.1) is 0 Å². The Hall–Kier alpha value is -2.77.